The van der Waals surface area contributed by atoms with E-state index in [1.165, 1.54) is 7.11 Å². The minimum atomic E-state index is -5.02. The van der Waals surface area contributed by atoms with Crippen molar-refractivity contribution in [3.63, 3.8) is 0 Å². The fourth-order valence-corrected chi connectivity index (χ4v) is 4.76. The largest absolute Gasteiger partial charge is 0.481 e. The molecular weight excluding hydrogens is 427 g/mol. The van der Waals surface area contributed by atoms with Crippen LogP contribution in [0.1, 0.15) is 38.9 Å². The van der Waals surface area contributed by atoms with Crippen molar-refractivity contribution in [2.75, 3.05) is 20.2 Å². The molecule has 8 nitrogen and oxygen atoms in total. The second kappa shape index (κ2) is 7.72. The molecule has 1 saturated carbocycles. The van der Waals surface area contributed by atoms with E-state index in [1.807, 2.05) is 13.0 Å². The second-order valence-electron chi connectivity index (χ2n) is 8.96. The summed E-state index contributed by atoms with van der Waals surface area (Å²) < 4.78 is 44.3. The summed E-state index contributed by atoms with van der Waals surface area (Å²) >= 11 is 0. The summed E-state index contributed by atoms with van der Waals surface area (Å²) in [4.78, 5) is 21.0. The van der Waals surface area contributed by atoms with Gasteiger partial charge in [0.1, 0.15) is 5.82 Å². The van der Waals surface area contributed by atoms with Gasteiger partial charge in [0, 0.05) is 36.3 Å². The van der Waals surface area contributed by atoms with Crippen LogP contribution in [0.25, 0.3) is 11.4 Å². The van der Waals surface area contributed by atoms with Crippen molar-refractivity contribution in [3.8, 4) is 17.3 Å². The molecule has 0 bridgehead atoms. The van der Waals surface area contributed by atoms with Gasteiger partial charge in [-0.2, -0.15) is 13.2 Å². The predicted molar refractivity (Wildman–Crippen MR) is 108 cm³/mol. The molecule has 2 aromatic heterocycles. The normalized spacial score (nSPS) is 24.7. The first-order valence-corrected chi connectivity index (χ1v) is 10.5. The smallest absolute Gasteiger partial charge is 0.426 e. The van der Waals surface area contributed by atoms with Crippen LogP contribution in [0, 0.1) is 11.8 Å². The van der Waals surface area contributed by atoms with Crippen LogP contribution in [0.15, 0.2) is 18.3 Å². The third-order valence-electron chi connectivity index (χ3n) is 6.84. The average molecular weight is 453 g/mol. The molecule has 3 heterocycles. The van der Waals surface area contributed by atoms with Gasteiger partial charge in [-0.05, 0) is 44.1 Å². The number of nitrogens with one attached hydrogen (secondary N) is 1. The minimum absolute atomic E-state index is 0.0598. The Morgan fingerprint density at radius 1 is 1.31 bits per heavy atom. The van der Waals surface area contributed by atoms with Crippen LogP contribution >= 0.6 is 0 Å². The van der Waals surface area contributed by atoms with E-state index in [4.69, 9.17) is 4.74 Å². The summed E-state index contributed by atoms with van der Waals surface area (Å²) in [7, 11) is 1.54. The molecule has 4 rings (SSSR count). The Morgan fingerprint density at radius 3 is 2.56 bits per heavy atom. The number of rotatable bonds is 5. The van der Waals surface area contributed by atoms with Gasteiger partial charge in [0.05, 0.1) is 7.11 Å². The van der Waals surface area contributed by atoms with Crippen LogP contribution in [-0.2, 0) is 10.2 Å². The summed E-state index contributed by atoms with van der Waals surface area (Å²) in [6, 6.07) is 3.56. The van der Waals surface area contributed by atoms with Crippen molar-refractivity contribution < 1.29 is 27.8 Å². The second-order valence-corrected chi connectivity index (χ2v) is 8.96. The number of carbonyl (C=O) groups is 1. The van der Waals surface area contributed by atoms with Crippen molar-refractivity contribution in [1.82, 2.24) is 25.1 Å². The van der Waals surface area contributed by atoms with Crippen molar-refractivity contribution in [2.45, 2.75) is 50.3 Å². The third-order valence-corrected chi connectivity index (χ3v) is 6.84. The van der Waals surface area contributed by atoms with E-state index >= 15 is 0 Å². The van der Waals surface area contributed by atoms with Crippen LogP contribution in [0.2, 0.25) is 0 Å². The molecule has 2 aromatic rings. The Balaban J connectivity index is 1.48. The summed E-state index contributed by atoms with van der Waals surface area (Å²) in [6.07, 6.45) is -1.06. The lowest BCUT2D eigenvalue weighted by Gasteiger charge is -2.42. The van der Waals surface area contributed by atoms with E-state index in [1.54, 1.807) is 12.3 Å². The zero-order valence-corrected chi connectivity index (χ0v) is 18.1. The van der Waals surface area contributed by atoms with E-state index < -0.39 is 17.7 Å². The molecule has 2 N–H and O–H groups in total. The summed E-state index contributed by atoms with van der Waals surface area (Å²) in [5, 5.41) is 18.4. The predicted octanol–water partition coefficient (Wildman–Crippen LogP) is 2.70. The number of likely N-dealkylation sites (tertiary alicyclic amines) is 1. The van der Waals surface area contributed by atoms with Crippen molar-refractivity contribution >= 4 is 5.91 Å². The highest BCUT2D eigenvalue weighted by atomic mass is 19.4. The number of hydrogen-bond donors (Lipinski definition) is 2. The number of aliphatic hydroxyl groups is 1. The molecule has 174 valence electrons. The number of nitrogens with zero attached hydrogens (tertiary/aromatic N) is 4. The molecule has 32 heavy (non-hydrogen) atoms. The van der Waals surface area contributed by atoms with E-state index in [0.717, 1.165) is 29.1 Å². The summed E-state index contributed by atoms with van der Waals surface area (Å²) in [5.41, 5.74) is -2.85. The Labute approximate surface area is 183 Å². The number of aromatic amines is 1. The number of aromatic nitrogens is 4. The van der Waals surface area contributed by atoms with Crippen molar-refractivity contribution in [2.24, 2.45) is 11.8 Å². The molecule has 3 atom stereocenters. The fraction of sp³-hybridized carbons (Fsp3) is 0.619. The molecule has 1 aliphatic carbocycles. The maximum atomic E-state index is 13.1. The Morgan fingerprint density at radius 2 is 2.03 bits per heavy atom. The van der Waals surface area contributed by atoms with Crippen LogP contribution in [-0.4, -0.2) is 68.1 Å². The molecule has 11 heteroatoms. The molecular formula is C21H26F3N5O3. The highest BCUT2D eigenvalue weighted by molar-refractivity contribution is 5.85. The molecule has 1 aliphatic heterocycles. The van der Waals surface area contributed by atoms with E-state index in [0.29, 0.717) is 25.0 Å². The summed E-state index contributed by atoms with van der Waals surface area (Å²) in [6.45, 7) is 2.75. The van der Waals surface area contributed by atoms with Gasteiger partial charge in [-0.1, -0.05) is 6.92 Å². The van der Waals surface area contributed by atoms with E-state index in [-0.39, 0.29) is 30.3 Å². The standard InChI is InChI=1S/C21H26F3N5O3/c1-12-11-29(18(30)19(2,31)21(22,23)24)9-6-14(12)20(7-8-20)17-26-16(27-28-17)13-4-5-15(32-3)25-10-13/h4-5,10,12,14,31H,6-9,11H2,1-3H3,(H,26,27,28)/t12-,14?,19?/m1/s1. The number of alkyl halides is 3. The van der Waals surface area contributed by atoms with Gasteiger partial charge in [-0.15, -0.1) is 10.2 Å². The highest BCUT2D eigenvalue weighted by Gasteiger charge is 2.59. The van der Waals surface area contributed by atoms with Crippen molar-refractivity contribution in [1.29, 1.82) is 0 Å². The van der Waals surface area contributed by atoms with Crippen molar-refractivity contribution in [3.05, 3.63) is 24.2 Å². The number of H-pyrrole nitrogens is 1. The lowest BCUT2D eigenvalue weighted by Crippen LogP contribution is -2.59. The van der Waals surface area contributed by atoms with Crippen LogP contribution in [0.5, 0.6) is 5.88 Å². The van der Waals surface area contributed by atoms with Crippen LogP contribution in [0.3, 0.4) is 0 Å². The monoisotopic (exact) mass is 453 g/mol. The number of hydrogen-bond acceptors (Lipinski definition) is 6. The first kappa shape index (κ1) is 22.5. The van der Waals surface area contributed by atoms with Crippen LogP contribution < -0.4 is 4.74 Å². The number of amides is 1. The molecule has 0 radical (unpaired) electrons. The van der Waals surface area contributed by atoms with Gasteiger partial charge in [0.2, 0.25) is 11.5 Å². The number of pyridine rings is 1. The maximum Gasteiger partial charge on any atom is 0.426 e. The number of halogens is 3. The molecule has 0 aromatic carbocycles. The lowest BCUT2D eigenvalue weighted by atomic mass is 9.74. The van der Waals surface area contributed by atoms with Gasteiger partial charge in [0.15, 0.2) is 5.82 Å². The molecule has 2 unspecified atom stereocenters. The average Bonchev–Trinajstić information content (AvgIpc) is 3.40. The van der Waals surface area contributed by atoms with Gasteiger partial charge >= 0.3 is 6.18 Å². The van der Waals surface area contributed by atoms with Crippen LogP contribution in [0.4, 0.5) is 13.2 Å². The molecule has 2 aliphatic rings. The summed E-state index contributed by atoms with van der Waals surface area (Å²) in [5.74, 6) is 0.610. The number of piperidine rings is 1. The van der Waals surface area contributed by atoms with E-state index in [2.05, 4.69) is 20.2 Å². The fourth-order valence-electron chi connectivity index (χ4n) is 4.76. The molecule has 1 saturated heterocycles. The van der Waals surface area contributed by atoms with Gasteiger partial charge < -0.3 is 19.7 Å². The van der Waals surface area contributed by atoms with Gasteiger partial charge in [-0.25, -0.2) is 4.98 Å². The zero-order valence-electron chi connectivity index (χ0n) is 18.1. The number of carbonyl (C=O) groups excluding carboxylic acids is 1. The Kier molecular flexibility index (Phi) is 5.43. The Bertz CT molecular complexity index is 985. The zero-order chi connectivity index (χ0) is 23.3. The number of methoxy groups -OCH3 is 1. The SMILES string of the molecule is COc1ccc(-c2nnc(C3(C4CCN(C(=O)C(C)(O)C(F)(F)F)C[C@H]4C)CC3)[nH]2)cn1. The highest BCUT2D eigenvalue weighted by Crippen LogP contribution is 2.57. The first-order valence-electron chi connectivity index (χ1n) is 10.5. The molecule has 0 spiro atoms. The lowest BCUT2D eigenvalue weighted by molar-refractivity contribution is -0.251. The maximum absolute atomic E-state index is 13.1. The quantitative estimate of drug-likeness (QED) is 0.722. The molecule has 1 amide bonds. The number of ether oxygens (including phenoxy) is 1. The molecule has 2 fully saturated rings. The first-order chi connectivity index (χ1) is 15.0. The minimum Gasteiger partial charge on any atom is -0.481 e. The Hall–Kier alpha value is -2.69. The van der Waals surface area contributed by atoms with Gasteiger partial charge in [0.25, 0.3) is 5.91 Å². The van der Waals surface area contributed by atoms with E-state index in [9.17, 15) is 23.1 Å². The topological polar surface area (TPSA) is 104 Å². The third kappa shape index (κ3) is 3.72. The van der Waals surface area contributed by atoms with Gasteiger partial charge in [-0.3, -0.25) is 4.79 Å².